The standard InChI is InChI=1S/C5H7Cl2NO4/c1-5(6,7)4(12)8-2(9)3(10)11/h2,9H,1H3,(H,8,12)(H,10,11). The van der Waals surface area contributed by atoms with Crippen LogP contribution in [-0.4, -0.2) is 32.7 Å². The Bertz CT molecular complexity index is 200. The Morgan fingerprint density at radius 3 is 2.17 bits per heavy atom. The maximum Gasteiger partial charge on any atom is 0.353 e. The zero-order valence-corrected chi connectivity index (χ0v) is 7.56. The molecule has 0 aromatic carbocycles. The van der Waals surface area contributed by atoms with Crippen LogP contribution >= 0.6 is 23.2 Å². The van der Waals surface area contributed by atoms with Crippen LogP contribution in [0.2, 0.25) is 0 Å². The van der Waals surface area contributed by atoms with Crippen molar-refractivity contribution >= 4 is 35.1 Å². The Hall–Kier alpha value is -0.520. The highest BCUT2D eigenvalue weighted by Crippen LogP contribution is 2.19. The molecule has 12 heavy (non-hydrogen) atoms. The highest BCUT2D eigenvalue weighted by molar-refractivity contribution is 6.57. The lowest BCUT2D eigenvalue weighted by Gasteiger charge is -2.14. The van der Waals surface area contributed by atoms with Crippen molar-refractivity contribution in [1.29, 1.82) is 0 Å². The minimum Gasteiger partial charge on any atom is -0.478 e. The van der Waals surface area contributed by atoms with Crippen LogP contribution in [-0.2, 0) is 9.59 Å². The zero-order chi connectivity index (χ0) is 9.94. The van der Waals surface area contributed by atoms with Gasteiger partial charge >= 0.3 is 5.97 Å². The molecule has 7 heteroatoms. The van der Waals surface area contributed by atoms with Crippen LogP contribution in [0.4, 0.5) is 0 Å². The number of carbonyl (C=O) groups is 2. The largest absolute Gasteiger partial charge is 0.478 e. The average molecular weight is 216 g/mol. The maximum absolute atomic E-state index is 10.8. The SMILES string of the molecule is CC(Cl)(Cl)C(=O)NC(O)C(=O)O. The van der Waals surface area contributed by atoms with Gasteiger partial charge in [-0.1, -0.05) is 23.2 Å². The van der Waals surface area contributed by atoms with Crippen LogP contribution in [0.15, 0.2) is 0 Å². The molecule has 70 valence electrons. The first-order chi connectivity index (χ1) is 5.25. The molecule has 0 saturated heterocycles. The number of rotatable bonds is 3. The van der Waals surface area contributed by atoms with Crippen molar-refractivity contribution in [3.05, 3.63) is 0 Å². The molecule has 3 N–H and O–H groups in total. The van der Waals surface area contributed by atoms with Crippen molar-refractivity contribution in [2.24, 2.45) is 0 Å². The van der Waals surface area contributed by atoms with Crippen molar-refractivity contribution in [3.63, 3.8) is 0 Å². The van der Waals surface area contributed by atoms with E-state index in [0.29, 0.717) is 0 Å². The fraction of sp³-hybridized carbons (Fsp3) is 0.600. The summed E-state index contributed by atoms with van der Waals surface area (Å²) in [7, 11) is 0. The van der Waals surface area contributed by atoms with Crippen LogP contribution < -0.4 is 5.32 Å². The zero-order valence-electron chi connectivity index (χ0n) is 6.04. The summed E-state index contributed by atoms with van der Waals surface area (Å²) in [5, 5.41) is 18.4. The van der Waals surface area contributed by atoms with E-state index in [-0.39, 0.29) is 0 Å². The third-order valence-corrected chi connectivity index (χ3v) is 1.24. The second-order valence-electron chi connectivity index (χ2n) is 2.10. The molecule has 0 aliphatic rings. The molecule has 0 rings (SSSR count). The summed E-state index contributed by atoms with van der Waals surface area (Å²) in [4.78, 5) is 20.8. The van der Waals surface area contributed by atoms with Crippen molar-refractivity contribution in [1.82, 2.24) is 5.32 Å². The predicted molar refractivity (Wildman–Crippen MR) is 41.9 cm³/mol. The van der Waals surface area contributed by atoms with Crippen LogP contribution in [0, 0.1) is 0 Å². The molecule has 1 atom stereocenters. The van der Waals surface area contributed by atoms with Gasteiger partial charge in [-0.3, -0.25) is 4.79 Å². The van der Waals surface area contributed by atoms with Gasteiger partial charge in [-0.15, -0.1) is 0 Å². The smallest absolute Gasteiger partial charge is 0.353 e. The van der Waals surface area contributed by atoms with Gasteiger partial charge in [-0.25, -0.2) is 4.79 Å². The Morgan fingerprint density at radius 1 is 1.50 bits per heavy atom. The van der Waals surface area contributed by atoms with Crippen molar-refractivity contribution in [2.75, 3.05) is 0 Å². The third kappa shape index (κ3) is 3.75. The summed E-state index contributed by atoms with van der Waals surface area (Å²) in [6, 6.07) is 0. The van der Waals surface area contributed by atoms with E-state index in [0.717, 1.165) is 6.92 Å². The normalized spacial score (nSPS) is 13.7. The van der Waals surface area contributed by atoms with E-state index in [4.69, 9.17) is 33.4 Å². The molecule has 0 radical (unpaired) electrons. The van der Waals surface area contributed by atoms with E-state index < -0.39 is 22.4 Å². The Labute approximate surface area is 78.3 Å². The van der Waals surface area contributed by atoms with Crippen molar-refractivity contribution in [3.8, 4) is 0 Å². The van der Waals surface area contributed by atoms with E-state index in [1.54, 1.807) is 5.32 Å². The molecule has 0 aliphatic carbocycles. The highest BCUT2D eigenvalue weighted by Gasteiger charge is 2.30. The molecular weight excluding hydrogens is 209 g/mol. The molecule has 0 aromatic heterocycles. The number of nitrogens with one attached hydrogen (secondary N) is 1. The minimum atomic E-state index is -1.99. The lowest BCUT2D eigenvalue weighted by Crippen LogP contribution is -2.46. The quantitative estimate of drug-likeness (QED) is 0.446. The second-order valence-corrected chi connectivity index (χ2v) is 3.81. The van der Waals surface area contributed by atoms with Crippen molar-refractivity contribution < 1.29 is 19.8 Å². The number of hydrogen-bond acceptors (Lipinski definition) is 3. The number of aliphatic carboxylic acids is 1. The van der Waals surface area contributed by atoms with Gasteiger partial charge in [-0.05, 0) is 6.92 Å². The predicted octanol–water partition coefficient (Wildman–Crippen LogP) is -0.301. The molecule has 1 unspecified atom stereocenters. The molecule has 0 saturated carbocycles. The van der Waals surface area contributed by atoms with Gasteiger partial charge in [0.05, 0.1) is 0 Å². The van der Waals surface area contributed by atoms with Crippen LogP contribution in [0.5, 0.6) is 0 Å². The van der Waals surface area contributed by atoms with E-state index in [1.165, 1.54) is 0 Å². The first kappa shape index (κ1) is 11.5. The summed E-state index contributed by atoms with van der Waals surface area (Å²) < 4.78 is -1.75. The van der Waals surface area contributed by atoms with Crippen LogP contribution in [0.3, 0.4) is 0 Å². The monoisotopic (exact) mass is 215 g/mol. The fourth-order valence-electron chi connectivity index (χ4n) is 0.313. The molecule has 0 aliphatic heterocycles. The summed E-state index contributed by atoms with van der Waals surface area (Å²) >= 11 is 10.6. The van der Waals surface area contributed by atoms with Gasteiger partial charge in [0.2, 0.25) is 6.23 Å². The van der Waals surface area contributed by atoms with Gasteiger partial charge in [0, 0.05) is 0 Å². The lowest BCUT2D eigenvalue weighted by molar-refractivity contribution is -0.151. The topological polar surface area (TPSA) is 86.6 Å². The number of alkyl halides is 2. The second kappa shape index (κ2) is 3.93. The van der Waals surface area contributed by atoms with E-state index >= 15 is 0 Å². The summed E-state index contributed by atoms with van der Waals surface area (Å²) in [6.45, 7) is 1.15. The molecule has 0 aromatic rings. The summed E-state index contributed by atoms with van der Waals surface area (Å²) in [5.74, 6) is -2.55. The van der Waals surface area contributed by atoms with Gasteiger partial charge in [-0.2, -0.15) is 0 Å². The molecule has 0 spiro atoms. The number of carboxylic acids is 1. The number of aliphatic hydroxyl groups excluding tert-OH is 1. The number of hydrogen-bond donors (Lipinski definition) is 3. The van der Waals surface area contributed by atoms with Crippen LogP contribution in [0.1, 0.15) is 6.92 Å². The van der Waals surface area contributed by atoms with Crippen molar-refractivity contribution in [2.45, 2.75) is 17.5 Å². The van der Waals surface area contributed by atoms with E-state index in [1.807, 2.05) is 0 Å². The molecule has 5 nitrogen and oxygen atoms in total. The Morgan fingerprint density at radius 2 is 1.92 bits per heavy atom. The first-order valence-corrected chi connectivity index (χ1v) is 3.60. The number of carbonyl (C=O) groups excluding carboxylic acids is 1. The number of amides is 1. The number of halogens is 2. The number of aliphatic hydroxyl groups is 1. The Balaban J connectivity index is 4.11. The maximum atomic E-state index is 10.8. The van der Waals surface area contributed by atoms with Gasteiger partial charge in [0.25, 0.3) is 5.91 Å². The first-order valence-electron chi connectivity index (χ1n) is 2.85. The Kier molecular flexibility index (Phi) is 3.76. The molecule has 0 fully saturated rings. The lowest BCUT2D eigenvalue weighted by atomic mass is 10.4. The summed E-state index contributed by atoms with van der Waals surface area (Å²) in [6.07, 6.45) is -1.99. The molecule has 0 bridgehead atoms. The number of carboxylic acid groups (broad SMARTS) is 1. The molecular formula is C5H7Cl2NO4. The van der Waals surface area contributed by atoms with E-state index in [2.05, 4.69) is 0 Å². The molecule has 1 amide bonds. The van der Waals surface area contributed by atoms with Gasteiger partial charge in [0.15, 0.2) is 4.33 Å². The average Bonchev–Trinajstić information content (AvgIpc) is 1.85. The van der Waals surface area contributed by atoms with Gasteiger partial charge in [0.1, 0.15) is 0 Å². The van der Waals surface area contributed by atoms with Gasteiger partial charge < -0.3 is 15.5 Å². The van der Waals surface area contributed by atoms with E-state index in [9.17, 15) is 9.59 Å². The minimum absolute atomic E-state index is 0.972. The summed E-state index contributed by atoms with van der Waals surface area (Å²) in [5.41, 5.74) is 0. The fourth-order valence-corrected chi connectivity index (χ4v) is 0.422. The molecule has 0 heterocycles. The third-order valence-electron chi connectivity index (χ3n) is 0.900. The highest BCUT2D eigenvalue weighted by atomic mass is 35.5. The van der Waals surface area contributed by atoms with Crippen LogP contribution in [0.25, 0.3) is 0 Å².